The molecule has 4 heteroatoms. The maximum Gasteiger partial charge on any atom is 0.126 e. The molecule has 0 aliphatic carbocycles. The summed E-state index contributed by atoms with van der Waals surface area (Å²) >= 11 is 0. The molecule has 0 saturated carbocycles. The summed E-state index contributed by atoms with van der Waals surface area (Å²) in [5.74, 6) is 0.907. The lowest BCUT2D eigenvalue weighted by Crippen LogP contribution is -2.13. The Balaban J connectivity index is 2.31. The van der Waals surface area contributed by atoms with Crippen LogP contribution in [0.4, 0.5) is 0 Å². The molecule has 2 aromatic rings. The van der Waals surface area contributed by atoms with Gasteiger partial charge in [0.15, 0.2) is 0 Å². The third-order valence-electron chi connectivity index (χ3n) is 2.73. The normalized spacial score (nSPS) is 11.3. The first-order valence-corrected chi connectivity index (χ1v) is 5.99. The molecule has 2 rings (SSSR count). The van der Waals surface area contributed by atoms with Crippen molar-refractivity contribution in [1.82, 2.24) is 9.88 Å². The lowest BCUT2D eigenvalue weighted by Gasteiger charge is -2.16. The van der Waals surface area contributed by atoms with Gasteiger partial charge in [0.25, 0.3) is 0 Å². The van der Waals surface area contributed by atoms with E-state index in [1.165, 1.54) is 0 Å². The lowest BCUT2D eigenvalue weighted by atomic mass is 10.1. The van der Waals surface area contributed by atoms with E-state index in [1.54, 1.807) is 7.11 Å². The van der Waals surface area contributed by atoms with Crippen LogP contribution in [0.15, 0.2) is 18.3 Å². The standard InChI is InChI=1S/C14H19N2O2/c1-16(2)10-12-13(18-9-8-17-3)5-4-11-6-7-15-14(11)12/h4-5,7,15H,8-10H2,1-3H3. The van der Waals surface area contributed by atoms with Gasteiger partial charge in [-0.15, -0.1) is 0 Å². The van der Waals surface area contributed by atoms with E-state index in [2.05, 4.69) is 16.0 Å². The third-order valence-corrected chi connectivity index (χ3v) is 2.73. The van der Waals surface area contributed by atoms with E-state index < -0.39 is 0 Å². The first-order valence-electron chi connectivity index (χ1n) is 5.99. The number of hydrogen-bond donors (Lipinski definition) is 1. The highest BCUT2D eigenvalue weighted by Crippen LogP contribution is 2.27. The van der Waals surface area contributed by atoms with E-state index in [4.69, 9.17) is 9.47 Å². The number of nitrogens with zero attached hydrogens (tertiary/aromatic N) is 1. The predicted octanol–water partition coefficient (Wildman–Crippen LogP) is 2.05. The number of fused-ring (bicyclic) bond motifs is 1. The molecule has 0 atom stereocenters. The molecular weight excluding hydrogens is 228 g/mol. The highest BCUT2D eigenvalue weighted by molar-refractivity contribution is 5.84. The second-order valence-corrected chi connectivity index (χ2v) is 4.48. The Hall–Kier alpha value is -1.52. The van der Waals surface area contributed by atoms with Gasteiger partial charge in [-0.2, -0.15) is 0 Å². The van der Waals surface area contributed by atoms with Gasteiger partial charge >= 0.3 is 0 Å². The number of methoxy groups -OCH3 is 1. The Morgan fingerprint density at radius 2 is 2.11 bits per heavy atom. The van der Waals surface area contributed by atoms with Gasteiger partial charge in [-0.1, -0.05) is 0 Å². The molecule has 0 aliphatic rings. The molecule has 97 valence electrons. The molecule has 0 bridgehead atoms. The van der Waals surface area contributed by atoms with E-state index in [9.17, 15) is 0 Å². The molecule has 0 saturated heterocycles. The zero-order valence-electron chi connectivity index (χ0n) is 11.1. The molecule has 0 fully saturated rings. The monoisotopic (exact) mass is 247 g/mol. The van der Waals surface area contributed by atoms with Crippen LogP contribution >= 0.6 is 0 Å². The van der Waals surface area contributed by atoms with Crippen LogP contribution in [-0.2, 0) is 11.3 Å². The Morgan fingerprint density at radius 1 is 1.28 bits per heavy atom. The Morgan fingerprint density at radius 3 is 2.83 bits per heavy atom. The second kappa shape index (κ2) is 5.89. The third kappa shape index (κ3) is 2.83. The molecule has 1 aromatic carbocycles. The first-order chi connectivity index (χ1) is 8.72. The van der Waals surface area contributed by atoms with Crippen LogP contribution in [0.2, 0.25) is 0 Å². The number of nitrogens with one attached hydrogen (secondary N) is 1. The highest BCUT2D eigenvalue weighted by atomic mass is 16.5. The molecule has 1 radical (unpaired) electrons. The summed E-state index contributed by atoms with van der Waals surface area (Å²) in [5.41, 5.74) is 2.26. The summed E-state index contributed by atoms with van der Waals surface area (Å²) < 4.78 is 10.8. The topological polar surface area (TPSA) is 37.5 Å². The van der Waals surface area contributed by atoms with E-state index in [0.717, 1.165) is 28.8 Å². The van der Waals surface area contributed by atoms with E-state index in [0.29, 0.717) is 13.2 Å². The summed E-state index contributed by atoms with van der Waals surface area (Å²) in [4.78, 5) is 5.35. The minimum atomic E-state index is 0.562. The minimum absolute atomic E-state index is 0.562. The summed E-state index contributed by atoms with van der Waals surface area (Å²) in [7, 11) is 5.77. The molecule has 4 nitrogen and oxygen atoms in total. The van der Waals surface area contributed by atoms with Crippen LogP contribution in [-0.4, -0.2) is 44.3 Å². The van der Waals surface area contributed by atoms with Gasteiger partial charge in [0.05, 0.1) is 12.1 Å². The number of H-pyrrole nitrogens is 1. The second-order valence-electron chi connectivity index (χ2n) is 4.48. The van der Waals surface area contributed by atoms with Crippen molar-refractivity contribution in [3.8, 4) is 5.75 Å². The van der Waals surface area contributed by atoms with Crippen molar-refractivity contribution in [2.75, 3.05) is 34.4 Å². The summed E-state index contributed by atoms with van der Waals surface area (Å²) in [5, 5.41) is 1.09. The van der Waals surface area contributed by atoms with Crippen molar-refractivity contribution in [3.63, 3.8) is 0 Å². The average molecular weight is 247 g/mol. The van der Waals surface area contributed by atoms with Crippen molar-refractivity contribution in [2.24, 2.45) is 0 Å². The molecule has 0 spiro atoms. The molecule has 1 N–H and O–H groups in total. The number of benzene rings is 1. The fourth-order valence-electron chi connectivity index (χ4n) is 1.94. The van der Waals surface area contributed by atoms with E-state index in [1.807, 2.05) is 32.4 Å². The van der Waals surface area contributed by atoms with Gasteiger partial charge in [0.2, 0.25) is 0 Å². The van der Waals surface area contributed by atoms with Crippen molar-refractivity contribution >= 4 is 10.9 Å². The Kier molecular flexibility index (Phi) is 4.23. The largest absolute Gasteiger partial charge is 0.491 e. The maximum absolute atomic E-state index is 5.77. The predicted molar refractivity (Wildman–Crippen MR) is 71.9 cm³/mol. The molecule has 0 aliphatic heterocycles. The van der Waals surface area contributed by atoms with Gasteiger partial charge in [-0.25, -0.2) is 0 Å². The number of rotatable bonds is 6. The van der Waals surface area contributed by atoms with E-state index in [-0.39, 0.29) is 0 Å². The number of hydrogen-bond acceptors (Lipinski definition) is 3. The van der Waals surface area contributed by atoms with E-state index >= 15 is 0 Å². The molecule has 0 unspecified atom stereocenters. The average Bonchev–Trinajstić information content (AvgIpc) is 2.80. The summed E-state index contributed by atoms with van der Waals surface area (Å²) in [6, 6.07) is 7.20. The first kappa shape index (κ1) is 12.9. The summed E-state index contributed by atoms with van der Waals surface area (Å²) in [6.07, 6.45) is 1.84. The zero-order chi connectivity index (χ0) is 13.0. The quantitative estimate of drug-likeness (QED) is 0.794. The van der Waals surface area contributed by atoms with Crippen molar-refractivity contribution in [2.45, 2.75) is 6.54 Å². The van der Waals surface area contributed by atoms with Gasteiger partial charge < -0.3 is 19.4 Å². The summed E-state index contributed by atoms with van der Waals surface area (Å²) in [6.45, 7) is 1.98. The zero-order valence-corrected chi connectivity index (χ0v) is 11.1. The molecular formula is C14H19N2O2. The maximum atomic E-state index is 5.77. The van der Waals surface area contributed by atoms with Gasteiger partial charge in [0, 0.05) is 36.9 Å². The number of aromatic nitrogens is 1. The molecule has 18 heavy (non-hydrogen) atoms. The van der Waals surface area contributed by atoms with Crippen molar-refractivity contribution in [1.29, 1.82) is 0 Å². The van der Waals surface area contributed by atoms with Crippen LogP contribution in [0.1, 0.15) is 5.56 Å². The Bertz CT molecular complexity index is 505. The van der Waals surface area contributed by atoms with Crippen LogP contribution < -0.4 is 4.74 Å². The van der Waals surface area contributed by atoms with Crippen molar-refractivity contribution in [3.05, 3.63) is 30.0 Å². The van der Waals surface area contributed by atoms with Crippen LogP contribution in [0, 0.1) is 6.07 Å². The fourth-order valence-corrected chi connectivity index (χ4v) is 1.94. The van der Waals surface area contributed by atoms with Gasteiger partial charge in [-0.3, -0.25) is 0 Å². The van der Waals surface area contributed by atoms with Gasteiger partial charge in [-0.05, 0) is 26.2 Å². The van der Waals surface area contributed by atoms with Crippen LogP contribution in [0.5, 0.6) is 5.75 Å². The lowest BCUT2D eigenvalue weighted by molar-refractivity contribution is 0.145. The Labute approximate surface area is 107 Å². The molecule has 1 heterocycles. The molecule has 0 amide bonds. The highest BCUT2D eigenvalue weighted by Gasteiger charge is 2.11. The number of ether oxygens (including phenoxy) is 2. The van der Waals surface area contributed by atoms with Crippen molar-refractivity contribution < 1.29 is 9.47 Å². The SMILES string of the molecule is COCCOc1ccc2[c]c[nH]c2c1CN(C)C. The number of aromatic amines is 1. The van der Waals surface area contributed by atoms with Crippen LogP contribution in [0.3, 0.4) is 0 Å². The smallest absolute Gasteiger partial charge is 0.126 e. The molecule has 1 aromatic heterocycles. The fraction of sp³-hybridized carbons (Fsp3) is 0.429. The minimum Gasteiger partial charge on any atom is -0.491 e. The van der Waals surface area contributed by atoms with Crippen LogP contribution in [0.25, 0.3) is 10.9 Å². The van der Waals surface area contributed by atoms with Gasteiger partial charge in [0.1, 0.15) is 12.4 Å².